The number of benzene rings is 2. The maximum absolute atomic E-state index is 13.3. The number of nitrogens with zero attached hydrogens (tertiary/aromatic N) is 2. The highest BCUT2D eigenvalue weighted by Crippen LogP contribution is 2.37. The molecule has 33 heavy (non-hydrogen) atoms. The first-order valence-corrected chi connectivity index (χ1v) is 10.6. The molecule has 1 heterocycles. The molecule has 2 unspecified atom stereocenters. The molecule has 1 N–H and O–H groups in total. The fraction of sp³-hybridized carbons (Fsp3) is 0.455. The Morgan fingerprint density at radius 3 is 1.70 bits per heavy atom. The van der Waals surface area contributed by atoms with E-state index >= 15 is 0 Å². The molecule has 0 aromatic heterocycles. The molecule has 0 amide bonds. The number of aliphatic hydroxyl groups is 1. The van der Waals surface area contributed by atoms with Crippen molar-refractivity contribution in [1.82, 2.24) is 9.96 Å². The number of piperazine rings is 1. The average molecular weight is 497 g/mol. The zero-order valence-electron chi connectivity index (χ0n) is 17.6. The predicted octanol–water partition coefficient (Wildman–Crippen LogP) is 5.31. The molecule has 0 aliphatic carbocycles. The van der Waals surface area contributed by atoms with E-state index < -0.39 is 41.2 Å². The van der Waals surface area contributed by atoms with Crippen LogP contribution in [0, 0.1) is 0 Å². The lowest BCUT2D eigenvalue weighted by atomic mass is 9.93. The minimum Gasteiger partial charge on any atom is -0.389 e. The number of hydrogen-bond donors (Lipinski definition) is 1. The molecule has 1 aliphatic rings. The summed E-state index contributed by atoms with van der Waals surface area (Å²) in [6.45, 7) is 2.64. The van der Waals surface area contributed by atoms with Gasteiger partial charge in [0.25, 0.3) is 0 Å². The van der Waals surface area contributed by atoms with Crippen molar-refractivity contribution in [3.63, 3.8) is 0 Å². The number of halogens is 7. The highest BCUT2D eigenvalue weighted by atomic mass is 35.5. The van der Waals surface area contributed by atoms with Crippen LogP contribution in [-0.4, -0.2) is 52.9 Å². The summed E-state index contributed by atoms with van der Waals surface area (Å²) in [5.74, 6) is 0. The first kappa shape index (κ1) is 25.8. The van der Waals surface area contributed by atoms with Crippen LogP contribution in [0.25, 0.3) is 0 Å². The molecule has 1 aliphatic heterocycles. The quantitative estimate of drug-likeness (QED) is 0.434. The SMILES string of the molecule is CC(O)C(Cl)ON1CCN(C(c2cccc(C(F)(F)F)c2)c2cccc(C(F)(F)F)c2)CC1. The summed E-state index contributed by atoms with van der Waals surface area (Å²) in [5.41, 5.74) is -2.25. The molecule has 2 atom stereocenters. The van der Waals surface area contributed by atoms with E-state index in [-0.39, 0.29) is 11.1 Å². The molecule has 2 aromatic rings. The van der Waals surface area contributed by atoms with Crippen LogP contribution in [0.5, 0.6) is 0 Å². The van der Waals surface area contributed by atoms with Gasteiger partial charge in [-0.15, -0.1) is 0 Å². The van der Waals surface area contributed by atoms with Crippen LogP contribution in [0.1, 0.15) is 35.2 Å². The molecule has 3 rings (SSSR count). The molecule has 4 nitrogen and oxygen atoms in total. The van der Waals surface area contributed by atoms with E-state index in [0.29, 0.717) is 26.2 Å². The first-order chi connectivity index (χ1) is 15.4. The van der Waals surface area contributed by atoms with Crippen LogP contribution in [0.4, 0.5) is 26.3 Å². The summed E-state index contributed by atoms with van der Waals surface area (Å²) in [7, 11) is 0. The Balaban J connectivity index is 1.93. The van der Waals surface area contributed by atoms with Crippen molar-refractivity contribution in [2.45, 2.75) is 37.0 Å². The lowest BCUT2D eigenvalue weighted by Gasteiger charge is -2.40. The van der Waals surface area contributed by atoms with Crippen LogP contribution >= 0.6 is 11.6 Å². The Morgan fingerprint density at radius 1 is 0.848 bits per heavy atom. The molecule has 2 aromatic carbocycles. The van der Waals surface area contributed by atoms with Gasteiger partial charge in [-0.05, 0) is 42.3 Å². The van der Waals surface area contributed by atoms with Crippen LogP contribution in [0.15, 0.2) is 48.5 Å². The summed E-state index contributed by atoms with van der Waals surface area (Å²) < 4.78 is 79.9. The highest BCUT2D eigenvalue weighted by Gasteiger charge is 2.35. The summed E-state index contributed by atoms with van der Waals surface area (Å²) >= 11 is 5.92. The minimum absolute atomic E-state index is 0.234. The molecule has 11 heteroatoms. The van der Waals surface area contributed by atoms with Crippen molar-refractivity contribution in [3.8, 4) is 0 Å². The van der Waals surface area contributed by atoms with E-state index in [4.69, 9.17) is 16.4 Å². The monoisotopic (exact) mass is 496 g/mol. The molecule has 1 fully saturated rings. The zero-order chi connectivity index (χ0) is 24.4. The summed E-state index contributed by atoms with van der Waals surface area (Å²) in [6.07, 6.45) is -10.1. The van der Waals surface area contributed by atoms with Gasteiger partial charge >= 0.3 is 12.4 Å². The van der Waals surface area contributed by atoms with E-state index in [1.807, 2.05) is 0 Å². The third-order valence-corrected chi connectivity index (χ3v) is 5.77. The van der Waals surface area contributed by atoms with Crippen molar-refractivity contribution >= 4 is 11.6 Å². The fourth-order valence-electron chi connectivity index (χ4n) is 3.68. The maximum Gasteiger partial charge on any atom is 0.416 e. The molecular weight excluding hydrogens is 474 g/mol. The second-order valence-electron chi connectivity index (χ2n) is 7.81. The molecule has 182 valence electrons. The van der Waals surface area contributed by atoms with Crippen molar-refractivity contribution in [2.75, 3.05) is 26.2 Å². The molecule has 0 bridgehead atoms. The van der Waals surface area contributed by atoms with Gasteiger partial charge in [-0.1, -0.05) is 35.9 Å². The maximum atomic E-state index is 13.3. The number of alkyl halides is 7. The Morgan fingerprint density at radius 2 is 1.30 bits per heavy atom. The van der Waals surface area contributed by atoms with Crippen LogP contribution in [0.2, 0.25) is 0 Å². The Labute approximate surface area is 192 Å². The zero-order valence-corrected chi connectivity index (χ0v) is 18.3. The van der Waals surface area contributed by atoms with Gasteiger partial charge in [-0.3, -0.25) is 9.74 Å². The molecule has 0 spiro atoms. The highest BCUT2D eigenvalue weighted by molar-refractivity contribution is 6.20. The third kappa shape index (κ3) is 6.60. The Bertz CT molecular complexity index is 872. The summed E-state index contributed by atoms with van der Waals surface area (Å²) in [5, 5.41) is 11.0. The molecule has 0 radical (unpaired) electrons. The van der Waals surface area contributed by atoms with Crippen molar-refractivity contribution in [1.29, 1.82) is 0 Å². The molecule has 0 saturated carbocycles. The van der Waals surface area contributed by atoms with Crippen molar-refractivity contribution in [2.24, 2.45) is 0 Å². The second-order valence-corrected chi connectivity index (χ2v) is 8.24. The normalized spacial score (nSPS) is 18.5. The second kappa shape index (κ2) is 10.2. The van der Waals surface area contributed by atoms with Crippen molar-refractivity contribution in [3.05, 3.63) is 70.8 Å². The van der Waals surface area contributed by atoms with Gasteiger partial charge in [0, 0.05) is 26.2 Å². The smallest absolute Gasteiger partial charge is 0.389 e. The lowest BCUT2D eigenvalue weighted by molar-refractivity contribution is -0.208. The van der Waals surface area contributed by atoms with Crippen LogP contribution < -0.4 is 0 Å². The number of hydrogen-bond acceptors (Lipinski definition) is 4. The number of aliphatic hydroxyl groups excluding tert-OH is 1. The van der Waals surface area contributed by atoms with Gasteiger partial charge in [-0.2, -0.15) is 31.4 Å². The summed E-state index contributed by atoms with van der Waals surface area (Å²) in [4.78, 5) is 7.25. The van der Waals surface area contributed by atoms with Gasteiger partial charge in [0.05, 0.1) is 23.3 Å². The third-order valence-electron chi connectivity index (χ3n) is 5.33. The van der Waals surface area contributed by atoms with E-state index in [1.54, 1.807) is 4.90 Å². The largest absolute Gasteiger partial charge is 0.416 e. The van der Waals surface area contributed by atoms with Gasteiger partial charge in [0.15, 0.2) is 5.56 Å². The molecule has 1 saturated heterocycles. The van der Waals surface area contributed by atoms with E-state index in [1.165, 1.54) is 36.3 Å². The van der Waals surface area contributed by atoms with Crippen molar-refractivity contribution < 1.29 is 36.3 Å². The van der Waals surface area contributed by atoms with Gasteiger partial charge in [0.1, 0.15) is 0 Å². The topological polar surface area (TPSA) is 35.9 Å². The Hall–Kier alpha value is -1.85. The van der Waals surface area contributed by atoms with E-state index in [2.05, 4.69) is 0 Å². The lowest BCUT2D eigenvalue weighted by Crippen LogP contribution is -2.49. The number of hydroxylamine groups is 2. The van der Waals surface area contributed by atoms with E-state index in [0.717, 1.165) is 24.3 Å². The van der Waals surface area contributed by atoms with Gasteiger partial charge in [0.2, 0.25) is 0 Å². The summed E-state index contributed by atoms with van der Waals surface area (Å²) in [6, 6.07) is 8.41. The fourth-order valence-corrected chi connectivity index (χ4v) is 3.79. The van der Waals surface area contributed by atoms with E-state index in [9.17, 15) is 31.4 Å². The first-order valence-electron chi connectivity index (χ1n) is 10.2. The standard InChI is InChI=1S/C22H23ClF6N2O2/c1-14(32)20(23)33-31-10-8-30(9-11-31)19(15-4-2-6-17(12-15)21(24,25)26)16-5-3-7-18(13-16)22(27,28)29/h2-7,12-14,19-20,32H,8-11H2,1H3. The molecular formula is C22H23ClF6N2O2. The van der Waals surface area contributed by atoms with Gasteiger partial charge in [-0.25, -0.2) is 0 Å². The Kier molecular flexibility index (Phi) is 7.95. The minimum atomic E-state index is -4.59. The average Bonchev–Trinajstić information content (AvgIpc) is 2.74. The van der Waals surface area contributed by atoms with Gasteiger partial charge < -0.3 is 5.11 Å². The van der Waals surface area contributed by atoms with Crippen LogP contribution in [-0.2, 0) is 17.2 Å². The van der Waals surface area contributed by atoms with Crippen LogP contribution in [0.3, 0.4) is 0 Å². The predicted molar refractivity (Wildman–Crippen MR) is 110 cm³/mol. The number of rotatable bonds is 6.